The fraction of sp³-hybridized carbons (Fsp3) is 0.667. The number of anilines is 1. The molecule has 0 N–H and O–H groups in total. The summed E-state index contributed by atoms with van der Waals surface area (Å²) >= 11 is 0. The van der Waals surface area contributed by atoms with E-state index in [0.717, 1.165) is 38.4 Å². The minimum atomic E-state index is -0.453. The molecule has 0 aromatic carbocycles. The van der Waals surface area contributed by atoms with Crippen molar-refractivity contribution in [3.05, 3.63) is 18.3 Å². The highest BCUT2D eigenvalue weighted by atomic mass is 19.1. The number of aromatic nitrogens is 2. The minimum absolute atomic E-state index is 0.453. The van der Waals surface area contributed by atoms with Crippen molar-refractivity contribution >= 4 is 5.82 Å². The zero-order valence-electron chi connectivity index (χ0n) is 10.4. The second kappa shape index (κ2) is 5.40. The molecule has 1 aromatic rings. The number of piperidine rings is 1. The van der Waals surface area contributed by atoms with E-state index in [9.17, 15) is 4.39 Å². The fourth-order valence-corrected chi connectivity index (χ4v) is 2.36. The summed E-state index contributed by atoms with van der Waals surface area (Å²) in [6.45, 7) is 3.04. The number of nitrogens with zero attached hydrogens (tertiary/aromatic N) is 4. The first-order valence-electron chi connectivity index (χ1n) is 6.02. The van der Waals surface area contributed by atoms with Gasteiger partial charge in [-0.2, -0.15) is 4.39 Å². The number of hydrogen-bond acceptors (Lipinski definition) is 4. The van der Waals surface area contributed by atoms with E-state index in [0.29, 0.717) is 5.82 Å². The molecule has 0 radical (unpaired) electrons. The van der Waals surface area contributed by atoms with E-state index >= 15 is 0 Å². The Morgan fingerprint density at radius 2 is 2.06 bits per heavy atom. The predicted octanol–water partition coefficient (Wildman–Crippen LogP) is 1.39. The lowest BCUT2D eigenvalue weighted by atomic mass is 9.96. The zero-order chi connectivity index (χ0) is 12.3. The molecule has 0 spiro atoms. The molecule has 94 valence electrons. The Morgan fingerprint density at radius 3 is 2.65 bits per heavy atom. The molecule has 0 atom stereocenters. The van der Waals surface area contributed by atoms with Crippen molar-refractivity contribution < 1.29 is 4.39 Å². The standard InChI is InChI=1S/C12H19FN4/c1-16(2)8-10-3-5-17(6-4-10)12-7-11(13)14-9-15-12/h7,9-10H,3-6,8H2,1-2H3. The van der Waals surface area contributed by atoms with Crippen LogP contribution in [-0.4, -0.2) is 48.6 Å². The van der Waals surface area contributed by atoms with Crippen LogP contribution in [0.2, 0.25) is 0 Å². The van der Waals surface area contributed by atoms with E-state index in [2.05, 4.69) is 33.9 Å². The van der Waals surface area contributed by atoms with Crippen LogP contribution in [0.5, 0.6) is 0 Å². The number of rotatable bonds is 3. The molecule has 2 rings (SSSR count). The molecule has 1 fully saturated rings. The Hall–Kier alpha value is -1.23. The number of hydrogen-bond donors (Lipinski definition) is 0. The summed E-state index contributed by atoms with van der Waals surface area (Å²) in [7, 11) is 4.21. The molecule has 0 bridgehead atoms. The van der Waals surface area contributed by atoms with Gasteiger partial charge in [-0.05, 0) is 32.9 Å². The lowest BCUT2D eigenvalue weighted by Crippen LogP contribution is -2.37. The smallest absolute Gasteiger partial charge is 0.218 e. The van der Waals surface area contributed by atoms with Crippen molar-refractivity contribution in [2.45, 2.75) is 12.8 Å². The van der Waals surface area contributed by atoms with E-state index in [1.54, 1.807) is 0 Å². The normalized spacial score (nSPS) is 17.8. The first-order valence-corrected chi connectivity index (χ1v) is 6.02. The van der Waals surface area contributed by atoms with Crippen LogP contribution in [0.3, 0.4) is 0 Å². The van der Waals surface area contributed by atoms with Crippen molar-refractivity contribution in [2.75, 3.05) is 38.6 Å². The molecule has 1 aromatic heterocycles. The van der Waals surface area contributed by atoms with Crippen LogP contribution < -0.4 is 4.90 Å². The average molecular weight is 238 g/mol. The summed E-state index contributed by atoms with van der Waals surface area (Å²) in [5.41, 5.74) is 0. The lowest BCUT2D eigenvalue weighted by molar-refractivity contribution is 0.284. The molecule has 1 aliphatic rings. The SMILES string of the molecule is CN(C)CC1CCN(c2cc(F)ncn2)CC1. The molecule has 1 aliphatic heterocycles. The van der Waals surface area contributed by atoms with Gasteiger partial charge in [0.05, 0.1) is 0 Å². The second-order valence-electron chi connectivity index (χ2n) is 4.89. The lowest BCUT2D eigenvalue weighted by Gasteiger charge is -2.33. The molecule has 0 amide bonds. The maximum atomic E-state index is 13.0. The van der Waals surface area contributed by atoms with Crippen molar-refractivity contribution in [1.29, 1.82) is 0 Å². The summed E-state index contributed by atoms with van der Waals surface area (Å²) in [5.74, 6) is 0.999. The van der Waals surface area contributed by atoms with Crippen LogP contribution in [0.1, 0.15) is 12.8 Å². The van der Waals surface area contributed by atoms with Crippen molar-refractivity contribution in [3.63, 3.8) is 0 Å². The summed E-state index contributed by atoms with van der Waals surface area (Å²) in [5, 5.41) is 0. The Balaban J connectivity index is 1.91. The quantitative estimate of drug-likeness (QED) is 0.745. The first kappa shape index (κ1) is 12.2. The third-order valence-corrected chi connectivity index (χ3v) is 3.18. The Kier molecular flexibility index (Phi) is 3.89. The molecule has 2 heterocycles. The maximum Gasteiger partial charge on any atom is 0.218 e. The largest absolute Gasteiger partial charge is 0.356 e. The Labute approximate surface area is 101 Å². The molecule has 17 heavy (non-hydrogen) atoms. The number of halogens is 1. The summed E-state index contributed by atoms with van der Waals surface area (Å²) < 4.78 is 13.0. The summed E-state index contributed by atoms with van der Waals surface area (Å²) in [4.78, 5) is 12.0. The van der Waals surface area contributed by atoms with Gasteiger partial charge in [0.25, 0.3) is 0 Å². The second-order valence-corrected chi connectivity index (χ2v) is 4.89. The highest BCUT2D eigenvalue weighted by Gasteiger charge is 2.20. The van der Waals surface area contributed by atoms with Crippen LogP contribution in [0.15, 0.2) is 12.4 Å². The highest BCUT2D eigenvalue weighted by Crippen LogP contribution is 2.21. The van der Waals surface area contributed by atoms with Crippen LogP contribution in [0.4, 0.5) is 10.2 Å². The maximum absolute atomic E-state index is 13.0. The third-order valence-electron chi connectivity index (χ3n) is 3.18. The molecule has 5 heteroatoms. The van der Waals surface area contributed by atoms with Crippen LogP contribution in [0.25, 0.3) is 0 Å². The molecular formula is C12H19FN4. The topological polar surface area (TPSA) is 32.3 Å². The Morgan fingerprint density at radius 1 is 1.35 bits per heavy atom. The van der Waals surface area contributed by atoms with Gasteiger partial charge >= 0.3 is 0 Å². The van der Waals surface area contributed by atoms with E-state index in [1.165, 1.54) is 12.4 Å². The van der Waals surface area contributed by atoms with Crippen molar-refractivity contribution in [2.24, 2.45) is 5.92 Å². The van der Waals surface area contributed by atoms with Gasteiger partial charge in [-0.3, -0.25) is 0 Å². The van der Waals surface area contributed by atoms with Gasteiger partial charge in [-0.1, -0.05) is 0 Å². The van der Waals surface area contributed by atoms with E-state index < -0.39 is 5.95 Å². The fourth-order valence-electron chi connectivity index (χ4n) is 2.36. The van der Waals surface area contributed by atoms with Gasteiger partial charge in [-0.15, -0.1) is 0 Å². The van der Waals surface area contributed by atoms with Crippen molar-refractivity contribution in [3.8, 4) is 0 Å². The highest BCUT2D eigenvalue weighted by molar-refractivity contribution is 5.37. The summed E-state index contributed by atoms with van der Waals surface area (Å²) in [6, 6.07) is 1.41. The van der Waals surface area contributed by atoms with Gasteiger partial charge < -0.3 is 9.80 Å². The molecule has 0 saturated carbocycles. The van der Waals surface area contributed by atoms with Crippen LogP contribution in [0, 0.1) is 11.9 Å². The third kappa shape index (κ3) is 3.36. The van der Waals surface area contributed by atoms with Gasteiger partial charge in [-0.25, -0.2) is 9.97 Å². The van der Waals surface area contributed by atoms with E-state index in [1.807, 2.05) is 0 Å². The average Bonchev–Trinajstić information content (AvgIpc) is 2.29. The molecule has 0 aliphatic carbocycles. The summed E-state index contributed by atoms with van der Waals surface area (Å²) in [6.07, 6.45) is 3.57. The van der Waals surface area contributed by atoms with Crippen LogP contribution >= 0.6 is 0 Å². The van der Waals surface area contributed by atoms with E-state index in [4.69, 9.17) is 0 Å². The minimum Gasteiger partial charge on any atom is -0.356 e. The first-order chi connectivity index (χ1) is 8.15. The molecular weight excluding hydrogens is 219 g/mol. The zero-order valence-corrected chi connectivity index (χ0v) is 10.4. The molecule has 4 nitrogen and oxygen atoms in total. The molecule has 0 unspecified atom stereocenters. The van der Waals surface area contributed by atoms with Crippen LogP contribution in [-0.2, 0) is 0 Å². The van der Waals surface area contributed by atoms with Crippen molar-refractivity contribution in [1.82, 2.24) is 14.9 Å². The van der Waals surface area contributed by atoms with Gasteiger partial charge in [0.15, 0.2) is 0 Å². The van der Waals surface area contributed by atoms with E-state index in [-0.39, 0.29) is 0 Å². The molecule has 1 saturated heterocycles. The predicted molar refractivity (Wildman–Crippen MR) is 65.5 cm³/mol. The van der Waals surface area contributed by atoms with Gasteiger partial charge in [0, 0.05) is 25.7 Å². The van der Waals surface area contributed by atoms with Gasteiger partial charge in [0.1, 0.15) is 12.1 Å². The monoisotopic (exact) mass is 238 g/mol. The Bertz CT molecular complexity index is 361. The van der Waals surface area contributed by atoms with Gasteiger partial charge in [0.2, 0.25) is 5.95 Å².